The van der Waals surface area contributed by atoms with E-state index in [2.05, 4.69) is 5.32 Å². The van der Waals surface area contributed by atoms with Crippen LogP contribution in [0.3, 0.4) is 0 Å². The van der Waals surface area contributed by atoms with Gasteiger partial charge in [-0.15, -0.1) is 0 Å². The lowest BCUT2D eigenvalue weighted by Gasteiger charge is -2.33. The Hall–Kier alpha value is -1.42. The van der Waals surface area contributed by atoms with E-state index in [1.54, 1.807) is 19.1 Å². The first-order valence-electron chi connectivity index (χ1n) is 6.20. The van der Waals surface area contributed by atoms with Crippen molar-refractivity contribution in [2.45, 2.75) is 24.8 Å². The van der Waals surface area contributed by atoms with Crippen molar-refractivity contribution >= 4 is 10.0 Å². The van der Waals surface area contributed by atoms with Gasteiger partial charge in [-0.3, -0.25) is 0 Å². The summed E-state index contributed by atoms with van der Waals surface area (Å²) in [6.45, 7) is 5.32. The molecule has 2 rings (SSSR count). The van der Waals surface area contributed by atoms with Crippen molar-refractivity contribution < 1.29 is 8.42 Å². The summed E-state index contributed by atoms with van der Waals surface area (Å²) in [5.74, 6) is 0. The first-order chi connectivity index (χ1) is 8.98. The Balaban J connectivity index is 2.51. The van der Waals surface area contributed by atoms with Gasteiger partial charge in [0, 0.05) is 25.7 Å². The number of nitrogens with zero attached hydrogens (tertiary/aromatic N) is 2. The Morgan fingerprint density at radius 3 is 2.84 bits per heavy atom. The largest absolute Gasteiger partial charge is 0.314 e. The molecule has 0 aromatic heterocycles. The lowest BCUT2D eigenvalue weighted by atomic mass is 10.1. The van der Waals surface area contributed by atoms with Crippen LogP contribution in [0.4, 0.5) is 0 Å². The summed E-state index contributed by atoms with van der Waals surface area (Å²) in [6.07, 6.45) is 0. The topological polar surface area (TPSA) is 73.2 Å². The van der Waals surface area contributed by atoms with Crippen LogP contribution in [0.5, 0.6) is 0 Å². The summed E-state index contributed by atoms with van der Waals surface area (Å²) < 4.78 is 26.8. The van der Waals surface area contributed by atoms with Gasteiger partial charge in [-0.05, 0) is 25.5 Å². The van der Waals surface area contributed by atoms with Gasteiger partial charge in [0.05, 0.1) is 5.56 Å². The van der Waals surface area contributed by atoms with Crippen molar-refractivity contribution in [1.29, 1.82) is 5.26 Å². The molecular weight excluding hydrogens is 262 g/mol. The molecule has 6 heteroatoms. The van der Waals surface area contributed by atoms with Gasteiger partial charge in [-0.1, -0.05) is 12.1 Å². The minimum absolute atomic E-state index is 0.106. The number of piperazine rings is 1. The summed E-state index contributed by atoms with van der Waals surface area (Å²) in [7, 11) is -3.61. The Bertz CT molecular complexity index is 619. The van der Waals surface area contributed by atoms with E-state index in [4.69, 9.17) is 0 Å². The van der Waals surface area contributed by atoms with Crippen molar-refractivity contribution in [2.75, 3.05) is 19.6 Å². The number of nitriles is 1. The average Bonchev–Trinajstić information content (AvgIpc) is 2.38. The standard InChI is InChI=1S/C13H17N3O2S/c1-10-4-3-5-13(12(10)8-14)19(17,18)16-7-6-15-9-11(16)2/h3-5,11,15H,6-7,9H2,1-2H3/t11-/m1/s1. The molecule has 0 radical (unpaired) electrons. The molecule has 0 spiro atoms. The van der Waals surface area contributed by atoms with Crippen LogP contribution in [0, 0.1) is 18.3 Å². The highest BCUT2D eigenvalue weighted by Gasteiger charge is 2.32. The van der Waals surface area contributed by atoms with Gasteiger partial charge in [0.15, 0.2) is 0 Å². The lowest BCUT2D eigenvalue weighted by molar-refractivity contribution is 0.284. The number of benzene rings is 1. The highest BCUT2D eigenvalue weighted by Crippen LogP contribution is 2.24. The fourth-order valence-electron chi connectivity index (χ4n) is 2.30. The van der Waals surface area contributed by atoms with Crippen molar-refractivity contribution in [1.82, 2.24) is 9.62 Å². The van der Waals surface area contributed by atoms with Crippen LogP contribution in [0.15, 0.2) is 23.1 Å². The molecule has 1 aliphatic heterocycles. The Labute approximate surface area is 113 Å². The number of nitrogens with one attached hydrogen (secondary N) is 1. The average molecular weight is 279 g/mol. The smallest absolute Gasteiger partial charge is 0.244 e. The number of hydrogen-bond acceptors (Lipinski definition) is 4. The number of sulfonamides is 1. The summed E-state index contributed by atoms with van der Waals surface area (Å²) in [4.78, 5) is 0.115. The number of hydrogen-bond donors (Lipinski definition) is 1. The molecule has 1 aromatic carbocycles. The van der Waals surface area contributed by atoms with Gasteiger partial charge in [0.1, 0.15) is 11.0 Å². The second-order valence-electron chi connectivity index (χ2n) is 4.73. The van der Waals surface area contributed by atoms with Gasteiger partial charge in [-0.2, -0.15) is 9.57 Å². The van der Waals surface area contributed by atoms with Crippen LogP contribution >= 0.6 is 0 Å². The molecule has 19 heavy (non-hydrogen) atoms. The minimum Gasteiger partial charge on any atom is -0.314 e. The zero-order valence-corrected chi connectivity index (χ0v) is 11.9. The van der Waals surface area contributed by atoms with Crippen molar-refractivity contribution in [3.05, 3.63) is 29.3 Å². The molecule has 102 valence electrons. The van der Waals surface area contributed by atoms with Gasteiger partial charge in [0.2, 0.25) is 10.0 Å². The summed E-state index contributed by atoms with van der Waals surface area (Å²) in [6, 6.07) is 6.83. The quantitative estimate of drug-likeness (QED) is 0.871. The summed E-state index contributed by atoms with van der Waals surface area (Å²) >= 11 is 0. The van der Waals surface area contributed by atoms with Gasteiger partial charge >= 0.3 is 0 Å². The van der Waals surface area contributed by atoms with Crippen LogP contribution in [0.2, 0.25) is 0 Å². The predicted molar refractivity (Wildman–Crippen MR) is 72.1 cm³/mol. The van der Waals surface area contributed by atoms with E-state index in [0.29, 0.717) is 25.2 Å². The van der Waals surface area contributed by atoms with Crippen LogP contribution in [-0.2, 0) is 10.0 Å². The molecule has 1 saturated heterocycles. The number of rotatable bonds is 2. The first-order valence-corrected chi connectivity index (χ1v) is 7.64. The maximum atomic E-state index is 12.7. The third kappa shape index (κ3) is 2.50. The normalized spacial score (nSPS) is 21.0. The Morgan fingerprint density at radius 2 is 2.21 bits per heavy atom. The SMILES string of the molecule is Cc1cccc(S(=O)(=O)N2CCNC[C@H]2C)c1C#N. The van der Waals surface area contributed by atoms with Gasteiger partial charge in [0.25, 0.3) is 0 Å². The van der Waals surface area contributed by atoms with Gasteiger partial charge < -0.3 is 5.32 Å². The fourth-order valence-corrected chi connectivity index (χ4v) is 4.15. The van der Waals surface area contributed by atoms with Crippen LogP contribution in [0.1, 0.15) is 18.1 Å². The summed E-state index contributed by atoms with van der Waals surface area (Å²) in [5.41, 5.74) is 0.930. The van der Waals surface area contributed by atoms with E-state index in [1.165, 1.54) is 10.4 Å². The molecule has 1 aliphatic rings. The molecule has 0 unspecified atom stereocenters. The zero-order valence-electron chi connectivity index (χ0n) is 11.0. The van der Waals surface area contributed by atoms with Crippen molar-refractivity contribution in [3.8, 4) is 6.07 Å². The molecule has 1 fully saturated rings. The van der Waals surface area contributed by atoms with Crippen molar-refractivity contribution in [2.24, 2.45) is 0 Å². The molecule has 1 atom stereocenters. The van der Waals surface area contributed by atoms with E-state index in [1.807, 2.05) is 13.0 Å². The fraction of sp³-hybridized carbons (Fsp3) is 0.462. The monoisotopic (exact) mass is 279 g/mol. The van der Waals surface area contributed by atoms with Crippen molar-refractivity contribution in [3.63, 3.8) is 0 Å². The second kappa shape index (κ2) is 5.29. The highest BCUT2D eigenvalue weighted by atomic mass is 32.2. The van der Waals surface area contributed by atoms with Crippen LogP contribution < -0.4 is 5.32 Å². The molecule has 1 aromatic rings. The van der Waals surface area contributed by atoms with E-state index in [0.717, 1.165) is 0 Å². The molecule has 5 nitrogen and oxygen atoms in total. The maximum Gasteiger partial charge on any atom is 0.244 e. The number of aryl methyl sites for hydroxylation is 1. The Kier molecular flexibility index (Phi) is 3.90. The third-order valence-corrected chi connectivity index (χ3v) is 5.43. The zero-order chi connectivity index (χ0) is 14.0. The van der Waals surface area contributed by atoms with Gasteiger partial charge in [-0.25, -0.2) is 8.42 Å². The molecule has 1 heterocycles. The van der Waals surface area contributed by atoms with E-state index < -0.39 is 10.0 Å². The van der Waals surface area contributed by atoms with E-state index in [9.17, 15) is 13.7 Å². The molecule has 0 saturated carbocycles. The van der Waals surface area contributed by atoms with Crippen LogP contribution in [0.25, 0.3) is 0 Å². The first kappa shape index (κ1) is 14.0. The third-order valence-electron chi connectivity index (χ3n) is 3.37. The second-order valence-corrected chi connectivity index (χ2v) is 6.59. The Morgan fingerprint density at radius 1 is 1.47 bits per heavy atom. The molecule has 0 aliphatic carbocycles. The van der Waals surface area contributed by atoms with Crippen LogP contribution in [-0.4, -0.2) is 38.4 Å². The molecular formula is C13H17N3O2S. The molecule has 1 N–H and O–H groups in total. The predicted octanol–water partition coefficient (Wildman–Crippen LogP) is 0.849. The molecule has 0 amide bonds. The lowest BCUT2D eigenvalue weighted by Crippen LogP contribution is -2.52. The highest BCUT2D eigenvalue weighted by molar-refractivity contribution is 7.89. The van der Waals surface area contributed by atoms with E-state index in [-0.39, 0.29) is 16.5 Å². The summed E-state index contributed by atoms with van der Waals surface area (Å²) in [5, 5.41) is 12.3. The minimum atomic E-state index is -3.61. The molecule has 0 bridgehead atoms. The van der Waals surface area contributed by atoms with E-state index >= 15 is 0 Å². The maximum absolute atomic E-state index is 12.7.